The van der Waals surface area contributed by atoms with Crippen LogP contribution in [0.4, 0.5) is 5.69 Å². The highest BCUT2D eigenvalue weighted by molar-refractivity contribution is 9.10. The van der Waals surface area contributed by atoms with Crippen LogP contribution in [0.25, 0.3) is 0 Å². The molecular weight excluding hydrogens is 454 g/mol. The maximum absolute atomic E-state index is 13.2. The number of Topliss-reactive ketones (excluding diaryl/α,β-unsaturated/α-hetero) is 1. The Hall–Kier alpha value is -2.79. The third kappa shape index (κ3) is 5.88. The van der Waals surface area contributed by atoms with Crippen LogP contribution < -0.4 is 14.8 Å². The fourth-order valence-corrected chi connectivity index (χ4v) is 3.69. The van der Waals surface area contributed by atoms with Crippen molar-refractivity contribution in [1.29, 1.82) is 0 Å². The first kappa shape index (κ1) is 22.9. The predicted octanol–water partition coefficient (Wildman–Crippen LogP) is 7.02. The van der Waals surface area contributed by atoms with E-state index in [1.54, 1.807) is 32.4 Å². The topological polar surface area (TPSA) is 47.6 Å². The third-order valence-electron chi connectivity index (χ3n) is 5.29. The number of methoxy groups -OCH3 is 2. The maximum Gasteiger partial charge on any atom is 0.165 e. The molecule has 3 aromatic carbocycles. The number of ether oxygens (including phenoxy) is 2. The van der Waals surface area contributed by atoms with Gasteiger partial charge in [0.05, 0.1) is 20.3 Å². The van der Waals surface area contributed by atoms with Crippen LogP contribution in [-0.2, 0) is 0 Å². The van der Waals surface area contributed by atoms with E-state index in [1.165, 1.54) is 5.56 Å². The Morgan fingerprint density at radius 2 is 1.48 bits per heavy atom. The SMILES string of the molecule is COc1ccc(C(=O)CC(Nc2ccc(Br)cc2)c2ccc(C(C)C)cc2)cc1OC. The molecule has 0 radical (unpaired) electrons. The summed E-state index contributed by atoms with van der Waals surface area (Å²) in [7, 11) is 3.15. The number of hydrogen-bond donors (Lipinski definition) is 1. The molecule has 0 aliphatic heterocycles. The number of carbonyl (C=O) groups is 1. The number of carbonyl (C=O) groups excluding carboxylic acids is 1. The Morgan fingerprint density at radius 3 is 2.06 bits per heavy atom. The second kappa shape index (κ2) is 10.5. The molecule has 0 aliphatic carbocycles. The zero-order valence-electron chi connectivity index (χ0n) is 18.3. The molecule has 0 spiro atoms. The Bertz CT molecular complexity index is 1010. The summed E-state index contributed by atoms with van der Waals surface area (Å²) in [6.07, 6.45) is 0.312. The van der Waals surface area contributed by atoms with Crippen molar-refractivity contribution in [3.05, 3.63) is 87.9 Å². The highest BCUT2D eigenvalue weighted by Gasteiger charge is 2.19. The normalized spacial score (nSPS) is 11.8. The summed E-state index contributed by atoms with van der Waals surface area (Å²) in [5.74, 6) is 1.64. The predicted molar refractivity (Wildman–Crippen MR) is 130 cm³/mol. The monoisotopic (exact) mass is 481 g/mol. The standard InChI is InChI=1S/C26H28BrNO3/c1-17(2)18-5-7-19(8-6-18)23(28-22-12-10-21(27)11-13-22)16-24(29)20-9-14-25(30-3)26(15-20)31-4/h5-15,17,23,28H,16H2,1-4H3. The van der Waals surface area contributed by atoms with Crippen LogP contribution in [0, 0.1) is 0 Å². The van der Waals surface area contributed by atoms with Crippen molar-refractivity contribution < 1.29 is 14.3 Å². The number of hydrogen-bond acceptors (Lipinski definition) is 4. The van der Waals surface area contributed by atoms with Crippen LogP contribution in [-0.4, -0.2) is 20.0 Å². The smallest absolute Gasteiger partial charge is 0.165 e. The van der Waals surface area contributed by atoms with E-state index in [9.17, 15) is 4.79 Å². The summed E-state index contributed by atoms with van der Waals surface area (Å²) in [4.78, 5) is 13.2. The lowest BCUT2D eigenvalue weighted by Gasteiger charge is -2.21. The molecule has 0 amide bonds. The lowest BCUT2D eigenvalue weighted by molar-refractivity contribution is 0.0976. The molecular formula is C26H28BrNO3. The number of anilines is 1. The molecule has 1 N–H and O–H groups in total. The Kier molecular flexibility index (Phi) is 7.75. The number of nitrogens with one attached hydrogen (secondary N) is 1. The number of rotatable bonds is 9. The second-order valence-corrected chi connectivity index (χ2v) is 8.64. The van der Waals surface area contributed by atoms with E-state index in [1.807, 2.05) is 24.3 Å². The van der Waals surface area contributed by atoms with Crippen LogP contribution in [0.5, 0.6) is 11.5 Å². The van der Waals surface area contributed by atoms with Crippen LogP contribution in [0.2, 0.25) is 0 Å². The van der Waals surface area contributed by atoms with Gasteiger partial charge < -0.3 is 14.8 Å². The lowest BCUT2D eigenvalue weighted by Crippen LogP contribution is -2.16. The van der Waals surface area contributed by atoms with Crippen molar-refractivity contribution in [1.82, 2.24) is 0 Å². The minimum absolute atomic E-state index is 0.0310. The van der Waals surface area contributed by atoms with Crippen LogP contribution in [0.15, 0.2) is 71.2 Å². The maximum atomic E-state index is 13.2. The van der Waals surface area contributed by atoms with Gasteiger partial charge in [0, 0.05) is 22.1 Å². The third-order valence-corrected chi connectivity index (χ3v) is 5.81. The summed E-state index contributed by atoms with van der Waals surface area (Å²) in [6.45, 7) is 4.35. The molecule has 3 rings (SSSR count). The van der Waals surface area contributed by atoms with Crippen molar-refractivity contribution in [2.24, 2.45) is 0 Å². The van der Waals surface area contributed by atoms with E-state index in [-0.39, 0.29) is 11.8 Å². The Morgan fingerprint density at radius 1 is 0.871 bits per heavy atom. The zero-order valence-corrected chi connectivity index (χ0v) is 19.9. The van der Waals surface area contributed by atoms with Crippen molar-refractivity contribution in [3.63, 3.8) is 0 Å². The van der Waals surface area contributed by atoms with Crippen molar-refractivity contribution in [3.8, 4) is 11.5 Å². The number of halogens is 1. The lowest BCUT2D eigenvalue weighted by atomic mass is 9.94. The van der Waals surface area contributed by atoms with Crippen molar-refractivity contribution in [2.45, 2.75) is 32.2 Å². The van der Waals surface area contributed by atoms with Gasteiger partial charge in [-0.3, -0.25) is 4.79 Å². The van der Waals surface area contributed by atoms with Crippen molar-refractivity contribution >= 4 is 27.4 Å². The fraction of sp³-hybridized carbons (Fsp3) is 0.269. The molecule has 0 heterocycles. The van der Waals surface area contributed by atoms with E-state index in [4.69, 9.17) is 9.47 Å². The van der Waals surface area contributed by atoms with Gasteiger partial charge >= 0.3 is 0 Å². The second-order valence-electron chi connectivity index (χ2n) is 7.72. The largest absolute Gasteiger partial charge is 0.493 e. The van der Waals surface area contributed by atoms with Gasteiger partial charge in [-0.15, -0.1) is 0 Å². The first-order valence-electron chi connectivity index (χ1n) is 10.3. The van der Waals surface area contributed by atoms with Gasteiger partial charge in [0.15, 0.2) is 17.3 Å². The average molecular weight is 482 g/mol. The van der Waals surface area contributed by atoms with Crippen molar-refractivity contribution in [2.75, 3.05) is 19.5 Å². The fourth-order valence-electron chi connectivity index (χ4n) is 3.43. The van der Waals surface area contributed by atoms with Gasteiger partial charge in [-0.25, -0.2) is 0 Å². The van der Waals surface area contributed by atoms with Gasteiger partial charge in [-0.05, 0) is 59.5 Å². The quantitative estimate of drug-likeness (QED) is 0.333. The Balaban J connectivity index is 1.88. The molecule has 3 aromatic rings. The van der Waals surface area contributed by atoms with E-state index in [0.29, 0.717) is 29.4 Å². The van der Waals surface area contributed by atoms with Gasteiger partial charge in [0.1, 0.15) is 0 Å². The highest BCUT2D eigenvalue weighted by atomic mass is 79.9. The molecule has 0 saturated carbocycles. The number of ketones is 1. The zero-order chi connectivity index (χ0) is 22.4. The van der Waals surface area contributed by atoms with E-state index < -0.39 is 0 Å². The van der Waals surface area contributed by atoms with Gasteiger partial charge in [0.2, 0.25) is 0 Å². The molecule has 4 nitrogen and oxygen atoms in total. The van der Waals surface area contributed by atoms with Gasteiger partial charge in [-0.2, -0.15) is 0 Å². The minimum atomic E-state index is -0.164. The van der Waals surface area contributed by atoms with E-state index in [2.05, 4.69) is 59.4 Å². The van der Waals surface area contributed by atoms with E-state index >= 15 is 0 Å². The molecule has 0 aliphatic rings. The summed E-state index contributed by atoms with van der Waals surface area (Å²) in [6, 6.07) is 21.6. The molecule has 1 atom stereocenters. The van der Waals surface area contributed by atoms with Crippen LogP contribution >= 0.6 is 15.9 Å². The molecule has 0 bridgehead atoms. The highest BCUT2D eigenvalue weighted by Crippen LogP contribution is 2.31. The molecule has 0 fully saturated rings. The first-order chi connectivity index (χ1) is 14.9. The first-order valence-corrected chi connectivity index (χ1v) is 11.1. The van der Waals surface area contributed by atoms with Gasteiger partial charge in [-0.1, -0.05) is 54.0 Å². The Labute approximate surface area is 192 Å². The molecule has 5 heteroatoms. The molecule has 0 saturated heterocycles. The van der Waals surface area contributed by atoms with Crippen LogP contribution in [0.3, 0.4) is 0 Å². The van der Waals surface area contributed by atoms with Gasteiger partial charge in [0.25, 0.3) is 0 Å². The summed E-state index contributed by atoms with van der Waals surface area (Å²) in [5.41, 5.74) is 3.90. The molecule has 162 valence electrons. The number of benzene rings is 3. The minimum Gasteiger partial charge on any atom is -0.493 e. The van der Waals surface area contributed by atoms with Crippen LogP contribution in [0.1, 0.15) is 53.7 Å². The average Bonchev–Trinajstić information content (AvgIpc) is 2.79. The molecule has 1 unspecified atom stereocenters. The summed E-state index contributed by atoms with van der Waals surface area (Å²) < 4.78 is 11.7. The molecule has 0 aromatic heterocycles. The molecule has 31 heavy (non-hydrogen) atoms. The summed E-state index contributed by atoms with van der Waals surface area (Å²) >= 11 is 3.47. The van der Waals surface area contributed by atoms with E-state index in [0.717, 1.165) is 15.7 Å². The summed E-state index contributed by atoms with van der Waals surface area (Å²) in [5, 5.41) is 3.53.